The highest BCUT2D eigenvalue weighted by Crippen LogP contribution is 2.28. The summed E-state index contributed by atoms with van der Waals surface area (Å²) >= 11 is 0. The van der Waals surface area contributed by atoms with Crippen molar-refractivity contribution in [3.8, 4) is 0 Å². The highest BCUT2D eigenvalue weighted by atomic mass is 16.5. The monoisotopic (exact) mass is 367 g/mol. The number of carbonyl (C=O) groups excluding carboxylic acids is 1. The Morgan fingerprint density at radius 3 is 2.78 bits per heavy atom. The molecule has 27 heavy (non-hydrogen) atoms. The Hall–Kier alpha value is -1.98. The van der Waals surface area contributed by atoms with E-state index in [4.69, 9.17) is 9.72 Å². The van der Waals surface area contributed by atoms with Gasteiger partial charge in [-0.15, -0.1) is 0 Å². The number of fused-ring (bicyclic) bond motifs is 1. The molecule has 2 heterocycles. The van der Waals surface area contributed by atoms with Crippen LogP contribution in [0.2, 0.25) is 0 Å². The number of pyridine rings is 1. The van der Waals surface area contributed by atoms with Gasteiger partial charge in [0.2, 0.25) is 5.91 Å². The molecule has 5 nitrogen and oxygen atoms in total. The van der Waals surface area contributed by atoms with Crippen LogP contribution in [0, 0.1) is 5.92 Å². The lowest BCUT2D eigenvalue weighted by Gasteiger charge is -2.33. The molecule has 2 fully saturated rings. The van der Waals surface area contributed by atoms with E-state index in [1.54, 1.807) is 0 Å². The molecule has 0 radical (unpaired) electrons. The predicted molar refractivity (Wildman–Crippen MR) is 108 cm³/mol. The number of nitrogens with one attached hydrogen (secondary N) is 1. The van der Waals surface area contributed by atoms with Gasteiger partial charge in [-0.3, -0.25) is 14.7 Å². The highest BCUT2D eigenvalue weighted by Gasteiger charge is 2.25. The minimum atomic E-state index is -0.0558. The first-order chi connectivity index (χ1) is 13.2. The zero-order valence-electron chi connectivity index (χ0n) is 16.1. The molecule has 1 saturated heterocycles. The van der Waals surface area contributed by atoms with Crippen LogP contribution in [0.4, 0.5) is 5.69 Å². The van der Waals surface area contributed by atoms with Gasteiger partial charge in [0.25, 0.3) is 0 Å². The Labute approximate surface area is 161 Å². The topological polar surface area (TPSA) is 54.5 Å². The Morgan fingerprint density at radius 2 is 2.07 bits per heavy atom. The number of amides is 1. The van der Waals surface area contributed by atoms with E-state index in [0.29, 0.717) is 6.10 Å². The van der Waals surface area contributed by atoms with Crippen molar-refractivity contribution in [3.05, 3.63) is 36.0 Å². The number of anilines is 1. The van der Waals surface area contributed by atoms with Crippen molar-refractivity contribution in [2.24, 2.45) is 5.92 Å². The number of carbonyl (C=O) groups is 1. The number of nitrogens with zero attached hydrogens (tertiary/aromatic N) is 2. The second-order valence-electron chi connectivity index (χ2n) is 8.02. The molecule has 0 bridgehead atoms. The fourth-order valence-corrected chi connectivity index (χ4v) is 4.09. The van der Waals surface area contributed by atoms with Gasteiger partial charge in [-0.1, -0.05) is 12.5 Å². The van der Waals surface area contributed by atoms with Gasteiger partial charge in [-0.25, -0.2) is 0 Å². The molecule has 1 aromatic carbocycles. The standard InChI is InChI=1S/C22H29N3O2/c1-16(26)23-19-9-10-22-18(12-19)7-8-20(24-22)14-25(13-17-4-2-5-17)15-21-6-3-11-27-21/h7-10,12,17,21H,2-6,11,13-15H2,1H3,(H,23,26). The molecule has 2 aliphatic rings. The van der Waals surface area contributed by atoms with Crippen LogP contribution in [0.25, 0.3) is 10.9 Å². The van der Waals surface area contributed by atoms with Crippen LogP contribution in [-0.4, -0.2) is 41.6 Å². The minimum absolute atomic E-state index is 0.0558. The van der Waals surface area contributed by atoms with E-state index in [0.717, 1.165) is 54.4 Å². The predicted octanol–water partition coefficient (Wildman–Crippen LogP) is 3.97. The lowest BCUT2D eigenvalue weighted by Crippen LogP contribution is -2.37. The molecule has 1 amide bonds. The van der Waals surface area contributed by atoms with Crippen LogP contribution in [-0.2, 0) is 16.1 Å². The summed E-state index contributed by atoms with van der Waals surface area (Å²) in [6.45, 7) is 5.47. The minimum Gasteiger partial charge on any atom is -0.377 e. The number of aromatic nitrogens is 1. The van der Waals surface area contributed by atoms with Gasteiger partial charge in [-0.2, -0.15) is 0 Å². The third-order valence-electron chi connectivity index (χ3n) is 5.68. The van der Waals surface area contributed by atoms with Crippen molar-refractivity contribution in [3.63, 3.8) is 0 Å². The molecule has 4 rings (SSSR count). The summed E-state index contributed by atoms with van der Waals surface area (Å²) in [5, 5.41) is 3.88. The molecular weight excluding hydrogens is 338 g/mol. The number of rotatable bonds is 7. The van der Waals surface area contributed by atoms with Crippen molar-refractivity contribution in [1.82, 2.24) is 9.88 Å². The Balaban J connectivity index is 1.47. The molecule has 1 unspecified atom stereocenters. The van der Waals surface area contributed by atoms with Crippen molar-refractivity contribution in [1.29, 1.82) is 0 Å². The number of benzene rings is 1. The fraction of sp³-hybridized carbons (Fsp3) is 0.545. The van der Waals surface area contributed by atoms with Crippen LogP contribution >= 0.6 is 0 Å². The Bertz CT molecular complexity index is 797. The van der Waals surface area contributed by atoms with Gasteiger partial charge in [0, 0.05) is 44.2 Å². The third kappa shape index (κ3) is 4.85. The summed E-state index contributed by atoms with van der Waals surface area (Å²) < 4.78 is 5.87. The zero-order chi connectivity index (χ0) is 18.6. The van der Waals surface area contributed by atoms with Crippen molar-refractivity contribution >= 4 is 22.5 Å². The average molecular weight is 367 g/mol. The first kappa shape index (κ1) is 18.4. The lowest BCUT2D eigenvalue weighted by atomic mass is 9.85. The van der Waals surface area contributed by atoms with Crippen molar-refractivity contribution in [2.75, 3.05) is 25.0 Å². The molecule has 5 heteroatoms. The van der Waals surface area contributed by atoms with Gasteiger partial charge in [0.15, 0.2) is 0 Å². The normalized spacial score (nSPS) is 20.1. The smallest absolute Gasteiger partial charge is 0.221 e. The average Bonchev–Trinajstić information content (AvgIpc) is 3.10. The highest BCUT2D eigenvalue weighted by molar-refractivity contribution is 5.92. The molecule has 2 aromatic rings. The quantitative estimate of drug-likeness (QED) is 0.804. The van der Waals surface area contributed by atoms with Gasteiger partial charge < -0.3 is 10.1 Å². The number of hydrogen-bond acceptors (Lipinski definition) is 4. The van der Waals surface area contributed by atoms with Gasteiger partial charge in [0.1, 0.15) is 0 Å². The molecular formula is C22H29N3O2. The Kier molecular flexibility index (Phi) is 5.69. The van der Waals surface area contributed by atoms with Gasteiger partial charge in [-0.05, 0) is 55.9 Å². The van der Waals surface area contributed by atoms with E-state index in [9.17, 15) is 4.79 Å². The van der Waals surface area contributed by atoms with Crippen LogP contribution in [0.3, 0.4) is 0 Å². The maximum atomic E-state index is 11.2. The molecule has 1 aliphatic carbocycles. The largest absolute Gasteiger partial charge is 0.377 e. The summed E-state index contributed by atoms with van der Waals surface area (Å²) in [4.78, 5) is 18.6. The Morgan fingerprint density at radius 1 is 1.19 bits per heavy atom. The summed E-state index contributed by atoms with van der Waals surface area (Å²) in [5.41, 5.74) is 2.89. The molecule has 1 aliphatic heterocycles. The van der Waals surface area contributed by atoms with E-state index in [2.05, 4.69) is 22.3 Å². The van der Waals surface area contributed by atoms with Gasteiger partial charge >= 0.3 is 0 Å². The third-order valence-corrected chi connectivity index (χ3v) is 5.68. The second-order valence-corrected chi connectivity index (χ2v) is 8.02. The van der Waals surface area contributed by atoms with Crippen LogP contribution in [0.1, 0.15) is 44.7 Å². The molecule has 1 saturated carbocycles. The van der Waals surface area contributed by atoms with E-state index < -0.39 is 0 Å². The molecule has 0 spiro atoms. The van der Waals surface area contributed by atoms with Crippen LogP contribution in [0.5, 0.6) is 0 Å². The van der Waals surface area contributed by atoms with Crippen molar-refractivity contribution in [2.45, 2.75) is 51.7 Å². The van der Waals surface area contributed by atoms with E-state index in [1.807, 2.05) is 18.2 Å². The van der Waals surface area contributed by atoms with Crippen LogP contribution in [0.15, 0.2) is 30.3 Å². The summed E-state index contributed by atoms with van der Waals surface area (Å²) in [6.07, 6.45) is 6.85. The molecule has 1 atom stereocenters. The maximum absolute atomic E-state index is 11.2. The summed E-state index contributed by atoms with van der Waals surface area (Å²) in [7, 11) is 0. The SMILES string of the molecule is CC(=O)Nc1ccc2nc(CN(CC3CCC3)CC3CCCO3)ccc2c1. The van der Waals surface area contributed by atoms with Crippen molar-refractivity contribution < 1.29 is 9.53 Å². The number of ether oxygens (including phenoxy) is 1. The fourth-order valence-electron chi connectivity index (χ4n) is 4.09. The molecule has 1 aromatic heterocycles. The van der Waals surface area contributed by atoms with Crippen LogP contribution < -0.4 is 5.32 Å². The molecule has 1 N–H and O–H groups in total. The summed E-state index contributed by atoms with van der Waals surface area (Å²) in [6, 6.07) is 10.1. The maximum Gasteiger partial charge on any atom is 0.221 e. The lowest BCUT2D eigenvalue weighted by molar-refractivity contribution is -0.114. The van der Waals surface area contributed by atoms with E-state index in [1.165, 1.54) is 39.0 Å². The first-order valence-corrected chi connectivity index (χ1v) is 10.2. The second kappa shape index (κ2) is 8.36. The first-order valence-electron chi connectivity index (χ1n) is 10.2. The van der Waals surface area contributed by atoms with E-state index in [-0.39, 0.29) is 5.91 Å². The number of hydrogen-bond donors (Lipinski definition) is 1. The molecule has 144 valence electrons. The van der Waals surface area contributed by atoms with Gasteiger partial charge in [0.05, 0.1) is 17.3 Å². The zero-order valence-corrected chi connectivity index (χ0v) is 16.1. The summed E-state index contributed by atoms with van der Waals surface area (Å²) in [5.74, 6) is 0.784. The van der Waals surface area contributed by atoms with E-state index >= 15 is 0 Å².